The lowest BCUT2D eigenvalue weighted by atomic mass is 9.92. The van der Waals surface area contributed by atoms with E-state index in [4.69, 9.17) is 9.41 Å². The number of hydrogen-bond donors (Lipinski definition) is 1. The second-order valence-electron chi connectivity index (χ2n) is 14.3. The average Bonchev–Trinajstić information content (AvgIpc) is 3.83. The molecule has 0 radical (unpaired) electrons. The van der Waals surface area contributed by atoms with Gasteiger partial charge in [-0.25, -0.2) is 4.99 Å². The van der Waals surface area contributed by atoms with Gasteiger partial charge >= 0.3 is 0 Å². The number of allylic oxidation sites excluding steroid dienone is 1. The van der Waals surface area contributed by atoms with Gasteiger partial charge in [0.2, 0.25) is 0 Å². The van der Waals surface area contributed by atoms with Crippen molar-refractivity contribution in [1.82, 2.24) is 5.32 Å². The van der Waals surface area contributed by atoms with Gasteiger partial charge in [0, 0.05) is 53.4 Å². The molecule has 5 heteroatoms. The zero-order chi connectivity index (χ0) is 36.3. The third-order valence-electron chi connectivity index (χ3n) is 11.0. The van der Waals surface area contributed by atoms with Crippen LogP contribution in [-0.2, 0) is 0 Å². The van der Waals surface area contributed by atoms with Crippen molar-refractivity contribution < 1.29 is 4.42 Å². The number of rotatable bonds is 6. The monoisotopic (exact) mass is 725 g/mol. The largest absolute Gasteiger partial charge is 0.454 e. The summed E-state index contributed by atoms with van der Waals surface area (Å²) in [6, 6.07) is 58.5. The fraction of sp³-hybridized carbons (Fsp3) is 0.0600. The van der Waals surface area contributed by atoms with E-state index < -0.39 is 0 Å². The van der Waals surface area contributed by atoms with Crippen LogP contribution in [0.4, 0.5) is 17.1 Å². The summed E-state index contributed by atoms with van der Waals surface area (Å²) in [5, 5.41) is 8.72. The van der Waals surface area contributed by atoms with Crippen LogP contribution in [0.5, 0.6) is 0 Å². The van der Waals surface area contributed by atoms with Crippen molar-refractivity contribution in [3.63, 3.8) is 0 Å². The van der Waals surface area contributed by atoms with Gasteiger partial charge in [0.1, 0.15) is 5.58 Å². The second-order valence-corrected chi connectivity index (χ2v) is 15.3. The van der Waals surface area contributed by atoms with E-state index in [-0.39, 0.29) is 6.04 Å². The standard InChI is InChI=1S/C50H35N3OS/c1-3-13-32(14-4-1)33-23-25-34(26-24-33)48-49(52-42-20-10-9-19-41(42)51-48)40-29-30-43(50-47(40)39-18-7-11-21-44(39)54-50)53(35-15-5-2-6-16-35)36-27-28-38-37-17-8-12-22-45(37)55-46(38)31-36/h1-9,11-19,21-31,42,52H,10,20H2. The lowest BCUT2D eigenvalue weighted by molar-refractivity contribution is 0.667. The van der Waals surface area contributed by atoms with Crippen molar-refractivity contribution in [2.24, 2.45) is 4.99 Å². The highest BCUT2D eigenvalue weighted by molar-refractivity contribution is 7.25. The lowest BCUT2D eigenvalue weighted by Gasteiger charge is -2.31. The number of fused-ring (bicyclic) bond motifs is 7. The number of nitrogens with one attached hydrogen (secondary N) is 1. The Morgan fingerprint density at radius 2 is 1.33 bits per heavy atom. The molecular formula is C50H35N3OS. The quantitative estimate of drug-likeness (QED) is 0.186. The lowest BCUT2D eigenvalue weighted by Crippen LogP contribution is -2.39. The van der Waals surface area contributed by atoms with E-state index in [1.807, 2.05) is 11.3 Å². The molecule has 7 aromatic carbocycles. The molecule has 0 bridgehead atoms. The van der Waals surface area contributed by atoms with Crippen molar-refractivity contribution in [3.8, 4) is 11.1 Å². The van der Waals surface area contributed by atoms with E-state index >= 15 is 0 Å². The summed E-state index contributed by atoms with van der Waals surface area (Å²) in [5.74, 6) is 0. The van der Waals surface area contributed by atoms with Gasteiger partial charge in [0.25, 0.3) is 0 Å². The molecule has 0 saturated carbocycles. The number of hydrogen-bond acceptors (Lipinski definition) is 5. The first-order valence-corrected chi connectivity index (χ1v) is 19.7. The fourth-order valence-electron chi connectivity index (χ4n) is 8.34. The maximum absolute atomic E-state index is 6.95. The molecule has 3 heterocycles. The SMILES string of the molecule is C1=CC2=NC(c3ccc(-c4ccccc4)cc3)=C(c3ccc(N(c4ccccc4)c4ccc5c(c4)sc4ccccc45)c4oc5ccccc5c34)NC2CC1. The molecule has 11 rings (SSSR count). The average molecular weight is 726 g/mol. The molecule has 262 valence electrons. The number of nitrogens with zero attached hydrogens (tertiary/aromatic N) is 2. The molecular weight excluding hydrogens is 691 g/mol. The smallest absolute Gasteiger partial charge is 0.160 e. The van der Waals surface area contributed by atoms with E-state index in [1.54, 1.807) is 0 Å². The zero-order valence-electron chi connectivity index (χ0n) is 29.9. The van der Waals surface area contributed by atoms with Crippen LogP contribution >= 0.6 is 11.3 Å². The summed E-state index contributed by atoms with van der Waals surface area (Å²) < 4.78 is 9.50. The van der Waals surface area contributed by atoms with Crippen LogP contribution in [0.25, 0.3) is 64.6 Å². The summed E-state index contributed by atoms with van der Waals surface area (Å²) in [6.45, 7) is 0. The van der Waals surface area contributed by atoms with Crippen LogP contribution in [0.3, 0.4) is 0 Å². The summed E-state index contributed by atoms with van der Waals surface area (Å²) in [4.78, 5) is 7.75. The minimum Gasteiger partial charge on any atom is -0.454 e. The third-order valence-corrected chi connectivity index (χ3v) is 12.1. The Labute approximate surface area is 323 Å². The highest BCUT2D eigenvalue weighted by atomic mass is 32.1. The molecule has 1 atom stereocenters. The Morgan fingerprint density at radius 3 is 2.18 bits per heavy atom. The van der Waals surface area contributed by atoms with E-state index in [9.17, 15) is 0 Å². The van der Waals surface area contributed by atoms with E-state index in [2.05, 4.69) is 186 Å². The maximum Gasteiger partial charge on any atom is 0.160 e. The first-order valence-electron chi connectivity index (χ1n) is 18.9. The normalized spacial score (nSPS) is 15.4. The number of furan rings is 1. The Hall–Kier alpha value is -6.69. The number of para-hydroxylation sites is 2. The topological polar surface area (TPSA) is 40.8 Å². The van der Waals surface area contributed by atoms with Crippen LogP contribution in [0.1, 0.15) is 24.0 Å². The van der Waals surface area contributed by atoms with E-state index in [0.717, 1.165) is 80.1 Å². The van der Waals surface area contributed by atoms with Gasteiger partial charge in [-0.2, -0.15) is 0 Å². The minimum atomic E-state index is 0.133. The molecule has 1 N–H and O–H groups in total. The number of thiophene rings is 1. The molecule has 0 saturated heterocycles. The molecule has 1 unspecified atom stereocenters. The molecule has 2 aromatic heterocycles. The van der Waals surface area contributed by atoms with Crippen molar-refractivity contribution in [3.05, 3.63) is 187 Å². The third kappa shape index (κ3) is 5.38. The van der Waals surface area contributed by atoms with Crippen molar-refractivity contribution in [2.45, 2.75) is 18.9 Å². The highest BCUT2D eigenvalue weighted by Crippen LogP contribution is 2.47. The first-order chi connectivity index (χ1) is 27.3. The van der Waals surface area contributed by atoms with Gasteiger partial charge in [-0.3, -0.25) is 0 Å². The highest BCUT2D eigenvalue weighted by Gasteiger charge is 2.29. The Kier molecular flexibility index (Phi) is 7.52. The fourth-order valence-corrected chi connectivity index (χ4v) is 9.48. The van der Waals surface area contributed by atoms with Crippen LogP contribution in [0.15, 0.2) is 185 Å². The van der Waals surface area contributed by atoms with Gasteiger partial charge < -0.3 is 14.6 Å². The maximum atomic E-state index is 6.95. The minimum absolute atomic E-state index is 0.133. The molecule has 2 aliphatic rings. The predicted molar refractivity (Wildman–Crippen MR) is 233 cm³/mol. The molecule has 0 fully saturated rings. The summed E-state index contributed by atoms with van der Waals surface area (Å²) in [6.07, 6.45) is 6.44. The van der Waals surface area contributed by atoms with Gasteiger partial charge in [-0.1, -0.05) is 121 Å². The summed E-state index contributed by atoms with van der Waals surface area (Å²) >= 11 is 1.84. The van der Waals surface area contributed by atoms with Gasteiger partial charge in [0.05, 0.1) is 28.8 Å². The van der Waals surface area contributed by atoms with Gasteiger partial charge in [-0.15, -0.1) is 11.3 Å². The van der Waals surface area contributed by atoms with Crippen molar-refractivity contribution in [1.29, 1.82) is 0 Å². The molecule has 4 nitrogen and oxygen atoms in total. The molecule has 55 heavy (non-hydrogen) atoms. The zero-order valence-corrected chi connectivity index (χ0v) is 30.8. The van der Waals surface area contributed by atoms with E-state index in [0.29, 0.717) is 0 Å². The van der Waals surface area contributed by atoms with Crippen molar-refractivity contribution >= 4 is 87.6 Å². The Bertz CT molecular complexity index is 3010. The predicted octanol–water partition coefficient (Wildman–Crippen LogP) is 13.7. The summed E-state index contributed by atoms with van der Waals surface area (Å²) in [7, 11) is 0. The molecule has 0 amide bonds. The van der Waals surface area contributed by atoms with E-state index in [1.165, 1.54) is 31.3 Å². The second kappa shape index (κ2) is 13.0. The van der Waals surface area contributed by atoms with Gasteiger partial charge in [0.15, 0.2) is 5.58 Å². The van der Waals surface area contributed by atoms with Crippen LogP contribution < -0.4 is 10.2 Å². The Morgan fingerprint density at radius 1 is 0.618 bits per heavy atom. The van der Waals surface area contributed by atoms with Gasteiger partial charge in [-0.05, 0) is 78.6 Å². The van der Waals surface area contributed by atoms with Crippen LogP contribution in [0.2, 0.25) is 0 Å². The first kappa shape index (κ1) is 31.8. The van der Waals surface area contributed by atoms with Crippen LogP contribution in [-0.4, -0.2) is 11.8 Å². The van der Waals surface area contributed by atoms with Crippen LogP contribution in [0, 0.1) is 0 Å². The molecule has 0 spiro atoms. The molecule has 1 aliphatic carbocycles. The number of aliphatic imine (C=N–C) groups is 1. The number of benzene rings is 7. The molecule has 1 aliphatic heterocycles. The number of anilines is 3. The molecule has 9 aromatic rings. The van der Waals surface area contributed by atoms with Crippen molar-refractivity contribution in [2.75, 3.05) is 4.90 Å². The Balaban J connectivity index is 1.14. The summed E-state index contributed by atoms with van der Waals surface area (Å²) in [5.41, 5.74) is 12.4.